The van der Waals surface area contributed by atoms with Crippen LogP contribution in [0.2, 0.25) is 0 Å². The maximum atomic E-state index is 12.5. The lowest BCUT2D eigenvalue weighted by molar-refractivity contribution is 0.0938. The predicted octanol–water partition coefficient (Wildman–Crippen LogP) is 4.19. The summed E-state index contributed by atoms with van der Waals surface area (Å²) < 4.78 is 26.3. The molecule has 0 heterocycles. The Bertz CT molecular complexity index is 901. The molecule has 0 bridgehead atoms. The van der Waals surface area contributed by atoms with Crippen molar-refractivity contribution in [1.29, 1.82) is 0 Å². The number of rotatable bonds is 8. The van der Waals surface area contributed by atoms with Crippen molar-refractivity contribution in [1.82, 2.24) is 5.32 Å². The molecule has 0 aliphatic heterocycles. The van der Waals surface area contributed by atoms with E-state index in [4.69, 9.17) is 0 Å². The molecule has 0 saturated heterocycles. The Morgan fingerprint density at radius 3 is 2.14 bits per heavy atom. The molecule has 6 heteroatoms. The van der Waals surface area contributed by atoms with Crippen molar-refractivity contribution >= 4 is 21.6 Å². The van der Waals surface area contributed by atoms with Gasteiger partial charge in [0.05, 0.1) is 18.5 Å². The summed E-state index contributed by atoms with van der Waals surface area (Å²) in [6.07, 6.45) is 3.17. The Labute approximate surface area is 168 Å². The van der Waals surface area contributed by atoms with Crippen LogP contribution in [0.4, 0.5) is 5.69 Å². The third-order valence-corrected chi connectivity index (χ3v) is 5.84. The number of para-hydroxylation sites is 1. The number of benzene rings is 2. The highest BCUT2D eigenvalue weighted by Crippen LogP contribution is 2.28. The quantitative estimate of drug-likeness (QED) is 0.720. The molecule has 0 radical (unpaired) electrons. The first-order chi connectivity index (χ1) is 13.1. The molecule has 0 aliphatic rings. The lowest BCUT2D eigenvalue weighted by Gasteiger charge is -2.26. The normalized spacial score (nSPS) is 12.5. The lowest BCUT2D eigenvalue weighted by Crippen LogP contribution is -2.32. The molecule has 1 N–H and O–H groups in total. The average Bonchev–Trinajstić information content (AvgIpc) is 2.60. The van der Waals surface area contributed by atoms with Crippen LogP contribution in [0.25, 0.3) is 0 Å². The molecule has 2 aromatic carbocycles. The summed E-state index contributed by atoms with van der Waals surface area (Å²) in [6, 6.07) is 13.0. The van der Waals surface area contributed by atoms with Crippen LogP contribution in [-0.2, 0) is 16.6 Å². The molecule has 0 fully saturated rings. The van der Waals surface area contributed by atoms with Crippen molar-refractivity contribution < 1.29 is 13.2 Å². The summed E-state index contributed by atoms with van der Waals surface area (Å²) in [7, 11) is -3.46. The number of carbonyl (C=O) groups excluding carboxylic acids is 1. The van der Waals surface area contributed by atoms with Crippen molar-refractivity contribution in [3.05, 3.63) is 64.7 Å². The topological polar surface area (TPSA) is 66.5 Å². The monoisotopic (exact) mass is 402 g/mol. The first kappa shape index (κ1) is 22.0. The van der Waals surface area contributed by atoms with Crippen molar-refractivity contribution in [2.75, 3.05) is 10.6 Å². The molecule has 2 aromatic rings. The van der Waals surface area contributed by atoms with Crippen LogP contribution in [0, 0.1) is 13.8 Å². The van der Waals surface area contributed by atoms with Gasteiger partial charge >= 0.3 is 0 Å². The Morgan fingerprint density at radius 2 is 1.64 bits per heavy atom. The third kappa shape index (κ3) is 5.58. The van der Waals surface area contributed by atoms with Gasteiger partial charge in [-0.05, 0) is 56.0 Å². The van der Waals surface area contributed by atoms with E-state index in [0.29, 0.717) is 11.3 Å². The maximum Gasteiger partial charge on any atom is 0.251 e. The van der Waals surface area contributed by atoms with Crippen molar-refractivity contribution in [2.45, 2.75) is 53.1 Å². The van der Waals surface area contributed by atoms with Crippen LogP contribution in [0.15, 0.2) is 42.5 Å². The predicted molar refractivity (Wildman–Crippen MR) is 115 cm³/mol. The molecule has 28 heavy (non-hydrogen) atoms. The number of anilines is 1. The molecule has 0 aromatic heterocycles. The number of hydrogen-bond donors (Lipinski definition) is 1. The van der Waals surface area contributed by atoms with E-state index in [0.717, 1.165) is 29.5 Å². The zero-order valence-electron chi connectivity index (χ0n) is 17.3. The van der Waals surface area contributed by atoms with Gasteiger partial charge in [0.25, 0.3) is 5.91 Å². The number of nitrogens with zero attached hydrogens (tertiary/aromatic N) is 1. The van der Waals surface area contributed by atoms with Crippen LogP contribution < -0.4 is 9.62 Å². The molecular formula is C22H30N2O3S. The zero-order valence-corrected chi connectivity index (χ0v) is 18.1. The van der Waals surface area contributed by atoms with Gasteiger partial charge in [-0.2, -0.15) is 0 Å². The Hall–Kier alpha value is -2.34. The highest BCUT2D eigenvalue weighted by Gasteiger charge is 2.21. The minimum Gasteiger partial charge on any atom is -0.350 e. The van der Waals surface area contributed by atoms with Crippen LogP contribution in [0.5, 0.6) is 0 Å². The molecule has 152 valence electrons. The average molecular weight is 403 g/mol. The first-order valence-corrected chi connectivity index (χ1v) is 11.4. The van der Waals surface area contributed by atoms with Crippen molar-refractivity contribution in [2.24, 2.45) is 0 Å². The van der Waals surface area contributed by atoms with Gasteiger partial charge in [-0.1, -0.05) is 43.7 Å². The number of sulfonamides is 1. The summed E-state index contributed by atoms with van der Waals surface area (Å²) in [4.78, 5) is 12.3. The Balaban J connectivity index is 2.24. The second kappa shape index (κ2) is 9.24. The fourth-order valence-corrected chi connectivity index (χ4v) is 4.30. The second-order valence-electron chi connectivity index (χ2n) is 7.37. The fraction of sp³-hybridized carbons (Fsp3) is 0.409. The zero-order chi connectivity index (χ0) is 20.9. The van der Waals surface area contributed by atoms with Gasteiger partial charge in [0.15, 0.2) is 0 Å². The highest BCUT2D eigenvalue weighted by molar-refractivity contribution is 7.92. The number of carbonyl (C=O) groups is 1. The van der Waals surface area contributed by atoms with Gasteiger partial charge in [-0.25, -0.2) is 8.42 Å². The van der Waals surface area contributed by atoms with E-state index >= 15 is 0 Å². The van der Waals surface area contributed by atoms with Gasteiger partial charge in [0.1, 0.15) is 0 Å². The Morgan fingerprint density at radius 1 is 1.07 bits per heavy atom. The molecule has 1 atom stereocenters. The third-order valence-electron chi connectivity index (χ3n) is 4.73. The number of amides is 1. The van der Waals surface area contributed by atoms with E-state index < -0.39 is 10.0 Å². The standard InChI is InChI=1S/C22H30N2O3S/c1-6-8-18(4)23-22(25)20-13-11-19(12-14-20)15-24(28(5,26)27)21-16(2)9-7-10-17(21)3/h7,9-14,18H,6,8,15H2,1-5H3,(H,23,25). The van der Waals surface area contributed by atoms with Crippen LogP contribution >= 0.6 is 0 Å². The van der Waals surface area contributed by atoms with Gasteiger partial charge in [0, 0.05) is 11.6 Å². The number of nitrogens with one attached hydrogen (secondary N) is 1. The largest absolute Gasteiger partial charge is 0.350 e. The molecule has 2 rings (SSSR count). The van der Waals surface area contributed by atoms with E-state index in [1.54, 1.807) is 12.1 Å². The molecule has 0 aliphatic carbocycles. The second-order valence-corrected chi connectivity index (χ2v) is 9.28. The van der Waals surface area contributed by atoms with Gasteiger partial charge in [0.2, 0.25) is 10.0 Å². The number of aryl methyl sites for hydroxylation is 2. The highest BCUT2D eigenvalue weighted by atomic mass is 32.2. The Kier molecular flexibility index (Phi) is 7.24. The molecule has 0 spiro atoms. The summed E-state index contributed by atoms with van der Waals surface area (Å²) in [5.74, 6) is -0.109. The fourth-order valence-electron chi connectivity index (χ4n) is 3.30. The van der Waals surface area contributed by atoms with E-state index in [9.17, 15) is 13.2 Å². The van der Waals surface area contributed by atoms with Gasteiger partial charge < -0.3 is 5.32 Å². The van der Waals surface area contributed by atoms with Crippen LogP contribution in [0.1, 0.15) is 53.7 Å². The van der Waals surface area contributed by atoms with E-state index in [2.05, 4.69) is 12.2 Å². The molecular weight excluding hydrogens is 372 g/mol. The SMILES string of the molecule is CCCC(C)NC(=O)c1ccc(CN(c2c(C)cccc2C)S(C)(=O)=O)cc1. The van der Waals surface area contributed by atoms with Crippen LogP contribution in [0.3, 0.4) is 0 Å². The van der Waals surface area contributed by atoms with Gasteiger partial charge in [-0.15, -0.1) is 0 Å². The van der Waals surface area contributed by atoms with E-state index in [-0.39, 0.29) is 18.5 Å². The van der Waals surface area contributed by atoms with Crippen molar-refractivity contribution in [3.8, 4) is 0 Å². The molecule has 0 saturated carbocycles. The molecule has 1 amide bonds. The minimum absolute atomic E-state index is 0.109. The molecule has 1 unspecified atom stereocenters. The van der Waals surface area contributed by atoms with E-state index in [1.807, 2.05) is 51.1 Å². The van der Waals surface area contributed by atoms with Crippen molar-refractivity contribution in [3.63, 3.8) is 0 Å². The van der Waals surface area contributed by atoms with Gasteiger partial charge in [-0.3, -0.25) is 9.10 Å². The summed E-state index contributed by atoms with van der Waals surface area (Å²) in [5, 5.41) is 2.98. The van der Waals surface area contributed by atoms with E-state index in [1.165, 1.54) is 10.6 Å². The summed E-state index contributed by atoms with van der Waals surface area (Å²) in [6.45, 7) is 8.11. The first-order valence-electron chi connectivity index (χ1n) is 9.57. The smallest absolute Gasteiger partial charge is 0.251 e. The lowest BCUT2D eigenvalue weighted by atomic mass is 10.1. The molecule has 5 nitrogen and oxygen atoms in total. The maximum absolute atomic E-state index is 12.5. The van der Waals surface area contributed by atoms with Crippen LogP contribution in [-0.4, -0.2) is 26.6 Å². The summed E-state index contributed by atoms with van der Waals surface area (Å²) in [5.41, 5.74) is 3.92. The number of hydrogen-bond acceptors (Lipinski definition) is 3. The summed E-state index contributed by atoms with van der Waals surface area (Å²) >= 11 is 0. The minimum atomic E-state index is -3.46.